The van der Waals surface area contributed by atoms with E-state index in [0.717, 1.165) is 11.1 Å². The van der Waals surface area contributed by atoms with E-state index in [2.05, 4.69) is 4.98 Å². The summed E-state index contributed by atoms with van der Waals surface area (Å²) in [4.78, 5) is 3.92. The van der Waals surface area contributed by atoms with Crippen molar-refractivity contribution in [3.8, 4) is 0 Å². The van der Waals surface area contributed by atoms with Gasteiger partial charge in [-0.05, 0) is 41.8 Å². The molecule has 0 saturated heterocycles. The van der Waals surface area contributed by atoms with Crippen LogP contribution in [0, 0.1) is 0 Å². The molecule has 2 rings (SSSR count). The van der Waals surface area contributed by atoms with E-state index >= 15 is 0 Å². The SMILES string of the molecule is CN(Cc1cccc(N)c1)S(=O)(=O)CCc1ccncc1. The zero-order chi connectivity index (χ0) is 15.3. The summed E-state index contributed by atoms with van der Waals surface area (Å²) < 4.78 is 25.9. The van der Waals surface area contributed by atoms with E-state index in [1.165, 1.54) is 4.31 Å². The van der Waals surface area contributed by atoms with Crippen molar-refractivity contribution in [3.63, 3.8) is 0 Å². The molecule has 1 aromatic carbocycles. The van der Waals surface area contributed by atoms with Crippen LogP contribution < -0.4 is 5.73 Å². The molecular weight excluding hydrogens is 286 g/mol. The van der Waals surface area contributed by atoms with Gasteiger partial charge in [0, 0.05) is 31.7 Å². The number of hydrogen-bond acceptors (Lipinski definition) is 4. The first-order chi connectivity index (χ1) is 9.97. The van der Waals surface area contributed by atoms with Crippen LogP contribution in [0.3, 0.4) is 0 Å². The topological polar surface area (TPSA) is 76.3 Å². The van der Waals surface area contributed by atoms with Crippen LogP contribution in [0.2, 0.25) is 0 Å². The predicted octanol–water partition coefficient (Wildman–Crippen LogP) is 1.67. The van der Waals surface area contributed by atoms with Crippen molar-refractivity contribution in [2.75, 3.05) is 18.5 Å². The van der Waals surface area contributed by atoms with E-state index < -0.39 is 10.0 Å². The minimum Gasteiger partial charge on any atom is -0.399 e. The van der Waals surface area contributed by atoms with Crippen molar-refractivity contribution < 1.29 is 8.42 Å². The molecule has 6 heteroatoms. The molecule has 0 atom stereocenters. The molecule has 112 valence electrons. The van der Waals surface area contributed by atoms with Gasteiger partial charge in [0.15, 0.2) is 0 Å². The molecule has 0 aliphatic heterocycles. The van der Waals surface area contributed by atoms with Crippen molar-refractivity contribution in [3.05, 3.63) is 59.9 Å². The average molecular weight is 305 g/mol. The molecule has 1 heterocycles. The third kappa shape index (κ3) is 4.54. The number of nitrogen functional groups attached to an aromatic ring is 1. The Kier molecular flexibility index (Phi) is 4.93. The number of anilines is 1. The molecule has 0 radical (unpaired) electrons. The van der Waals surface area contributed by atoms with Gasteiger partial charge in [0.25, 0.3) is 0 Å². The van der Waals surface area contributed by atoms with Crippen LogP contribution in [0.1, 0.15) is 11.1 Å². The number of aromatic nitrogens is 1. The maximum Gasteiger partial charge on any atom is 0.214 e. The highest BCUT2D eigenvalue weighted by Crippen LogP contribution is 2.12. The Hall–Kier alpha value is -1.92. The van der Waals surface area contributed by atoms with Crippen LogP contribution in [0.5, 0.6) is 0 Å². The van der Waals surface area contributed by atoms with E-state index in [4.69, 9.17) is 5.73 Å². The molecule has 0 unspecified atom stereocenters. The highest BCUT2D eigenvalue weighted by Gasteiger charge is 2.18. The first-order valence-corrected chi connectivity index (χ1v) is 8.25. The fourth-order valence-corrected chi connectivity index (χ4v) is 3.15. The fraction of sp³-hybridized carbons (Fsp3) is 0.267. The van der Waals surface area contributed by atoms with Crippen molar-refractivity contribution in [2.45, 2.75) is 13.0 Å². The summed E-state index contributed by atoms with van der Waals surface area (Å²) in [5, 5.41) is 0. The third-order valence-electron chi connectivity index (χ3n) is 3.23. The second-order valence-corrected chi connectivity index (χ2v) is 7.12. The minimum atomic E-state index is -3.30. The van der Waals surface area contributed by atoms with E-state index in [0.29, 0.717) is 18.7 Å². The molecule has 1 aromatic heterocycles. The maximum atomic E-state index is 12.3. The van der Waals surface area contributed by atoms with Crippen LogP contribution in [-0.4, -0.2) is 30.5 Å². The quantitative estimate of drug-likeness (QED) is 0.824. The molecule has 21 heavy (non-hydrogen) atoms. The first-order valence-electron chi connectivity index (χ1n) is 6.65. The second-order valence-electron chi connectivity index (χ2n) is 4.92. The van der Waals surface area contributed by atoms with Crippen LogP contribution in [-0.2, 0) is 23.0 Å². The van der Waals surface area contributed by atoms with E-state index in [-0.39, 0.29) is 5.75 Å². The number of hydrogen-bond donors (Lipinski definition) is 1. The standard InChI is InChI=1S/C15H19N3O2S/c1-18(12-14-3-2-4-15(16)11-14)21(19,20)10-7-13-5-8-17-9-6-13/h2-6,8-9,11H,7,10,12,16H2,1H3. The summed E-state index contributed by atoms with van der Waals surface area (Å²) in [5.74, 6) is 0.0792. The molecule has 0 fully saturated rings. The van der Waals surface area contributed by atoms with Gasteiger partial charge in [-0.15, -0.1) is 0 Å². The molecule has 2 aromatic rings. The summed E-state index contributed by atoms with van der Waals surface area (Å²) in [6.45, 7) is 0.323. The molecule has 0 aliphatic carbocycles. The molecule has 0 spiro atoms. The lowest BCUT2D eigenvalue weighted by molar-refractivity contribution is 0.466. The van der Waals surface area contributed by atoms with Crippen LogP contribution in [0.4, 0.5) is 5.69 Å². The van der Waals surface area contributed by atoms with Crippen molar-refractivity contribution in [1.29, 1.82) is 0 Å². The van der Waals surface area contributed by atoms with Gasteiger partial charge in [-0.3, -0.25) is 4.98 Å². The van der Waals surface area contributed by atoms with Gasteiger partial charge in [-0.1, -0.05) is 12.1 Å². The van der Waals surface area contributed by atoms with E-state index in [1.807, 2.05) is 24.3 Å². The van der Waals surface area contributed by atoms with Crippen LogP contribution >= 0.6 is 0 Å². The summed E-state index contributed by atoms with van der Waals surface area (Å²) in [6, 6.07) is 10.9. The molecule has 2 N–H and O–H groups in total. The number of rotatable bonds is 6. The molecule has 0 aliphatic rings. The lowest BCUT2D eigenvalue weighted by Gasteiger charge is -2.17. The predicted molar refractivity (Wildman–Crippen MR) is 84.0 cm³/mol. The van der Waals surface area contributed by atoms with Gasteiger partial charge in [0.2, 0.25) is 10.0 Å². The molecule has 0 amide bonds. The number of nitrogens with zero attached hydrogens (tertiary/aromatic N) is 2. The summed E-state index contributed by atoms with van der Waals surface area (Å²) in [6.07, 6.45) is 3.81. The Bertz CT molecular complexity index is 687. The van der Waals surface area contributed by atoms with Gasteiger partial charge < -0.3 is 5.73 Å². The highest BCUT2D eigenvalue weighted by molar-refractivity contribution is 7.89. The summed E-state index contributed by atoms with van der Waals surface area (Å²) in [5.41, 5.74) is 8.18. The van der Waals surface area contributed by atoms with Crippen molar-refractivity contribution in [1.82, 2.24) is 9.29 Å². The van der Waals surface area contributed by atoms with Gasteiger partial charge in [-0.2, -0.15) is 0 Å². The van der Waals surface area contributed by atoms with Crippen LogP contribution in [0.15, 0.2) is 48.8 Å². The number of benzene rings is 1. The number of sulfonamides is 1. The number of aryl methyl sites for hydroxylation is 1. The lowest BCUT2D eigenvalue weighted by atomic mass is 10.2. The minimum absolute atomic E-state index is 0.0792. The smallest absolute Gasteiger partial charge is 0.214 e. The maximum absolute atomic E-state index is 12.3. The lowest BCUT2D eigenvalue weighted by Crippen LogP contribution is -2.29. The zero-order valence-electron chi connectivity index (χ0n) is 11.9. The average Bonchev–Trinajstić information content (AvgIpc) is 2.46. The fourth-order valence-electron chi connectivity index (χ4n) is 2.00. The molecular formula is C15H19N3O2S. The Morgan fingerprint density at radius 2 is 1.86 bits per heavy atom. The Morgan fingerprint density at radius 3 is 2.52 bits per heavy atom. The zero-order valence-corrected chi connectivity index (χ0v) is 12.8. The van der Waals surface area contributed by atoms with Crippen molar-refractivity contribution >= 4 is 15.7 Å². The first kappa shape index (κ1) is 15.5. The van der Waals surface area contributed by atoms with Gasteiger partial charge in [0.1, 0.15) is 0 Å². The monoisotopic (exact) mass is 305 g/mol. The molecule has 5 nitrogen and oxygen atoms in total. The van der Waals surface area contributed by atoms with Gasteiger partial charge in [-0.25, -0.2) is 12.7 Å². The normalized spacial score (nSPS) is 11.7. The second kappa shape index (κ2) is 6.69. The van der Waals surface area contributed by atoms with E-state index in [9.17, 15) is 8.42 Å². The Balaban J connectivity index is 1.98. The highest BCUT2D eigenvalue weighted by atomic mass is 32.2. The van der Waals surface area contributed by atoms with Gasteiger partial charge >= 0.3 is 0 Å². The third-order valence-corrected chi connectivity index (χ3v) is 5.03. The van der Waals surface area contributed by atoms with E-state index in [1.54, 1.807) is 31.6 Å². The molecule has 0 saturated carbocycles. The molecule has 0 bridgehead atoms. The largest absolute Gasteiger partial charge is 0.399 e. The van der Waals surface area contributed by atoms with Crippen molar-refractivity contribution in [2.24, 2.45) is 0 Å². The number of pyridine rings is 1. The summed E-state index contributed by atoms with van der Waals surface area (Å²) in [7, 11) is -1.71. The Labute approximate surface area is 125 Å². The van der Waals surface area contributed by atoms with Gasteiger partial charge in [0.05, 0.1) is 5.75 Å². The number of nitrogens with two attached hydrogens (primary N) is 1. The summed E-state index contributed by atoms with van der Waals surface area (Å²) >= 11 is 0. The Morgan fingerprint density at radius 1 is 1.14 bits per heavy atom. The van der Waals surface area contributed by atoms with Crippen LogP contribution in [0.25, 0.3) is 0 Å².